The minimum absolute atomic E-state index is 0.0166. The molecule has 0 aliphatic carbocycles. The van der Waals surface area contributed by atoms with Gasteiger partial charge in [0.1, 0.15) is 6.29 Å². The first kappa shape index (κ1) is 17.0. The van der Waals surface area contributed by atoms with E-state index in [9.17, 15) is 9.59 Å². The number of methoxy groups -OCH3 is 2. The fourth-order valence-electron chi connectivity index (χ4n) is 1.64. The average Bonchev–Trinajstić information content (AvgIpc) is 2.55. The molecule has 0 amide bonds. The molecule has 0 spiro atoms. The van der Waals surface area contributed by atoms with E-state index in [-0.39, 0.29) is 17.2 Å². The molecule has 0 bridgehead atoms. The first-order valence-corrected chi connectivity index (χ1v) is 6.20. The zero-order valence-corrected chi connectivity index (χ0v) is 12.1. The van der Waals surface area contributed by atoms with Crippen molar-refractivity contribution in [1.82, 2.24) is 0 Å². The van der Waals surface area contributed by atoms with Gasteiger partial charge in [-0.05, 0) is 30.3 Å². The van der Waals surface area contributed by atoms with Crippen molar-refractivity contribution in [2.45, 2.75) is 0 Å². The molecule has 0 saturated heterocycles. The van der Waals surface area contributed by atoms with Gasteiger partial charge in [0.2, 0.25) is 0 Å². The Hall–Kier alpha value is -3.02. The van der Waals surface area contributed by atoms with Gasteiger partial charge in [-0.2, -0.15) is 0 Å². The Labute approximate surface area is 127 Å². The number of hydrogen-bond donors (Lipinski definition) is 2. The summed E-state index contributed by atoms with van der Waals surface area (Å²) in [5, 5.41) is 18.3. The van der Waals surface area contributed by atoms with Crippen molar-refractivity contribution in [1.29, 1.82) is 0 Å². The van der Waals surface area contributed by atoms with Crippen LogP contribution in [0.1, 0.15) is 20.7 Å². The van der Waals surface area contributed by atoms with Crippen LogP contribution in [0.5, 0.6) is 23.0 Å². The van der Waals surface area contributed by atoms with Crippen LogP contribution in [0.2, 0.25) is 0 Å². The van der Waals surface area contributed by atoms with E-state index in [1.165, 1.54) is 26.4 Å². The van der Waals surface area contributed by atoms with E-state index in [1.807, 2.05) is 0 Å². The summed E-state index contributed by atoms with van der Waals surface area (Å²) in [6.45, 7) is 0. The monoisotopic (exact) mass is 304 g/mol. The molecule has 0 saturated carbocycles. The van der Waals surface area contributed by atoms with Crippen LogP contribution in [0.3, 0.4) is 0 Å². The maximum Gasteiger partial charge on any atom is 0.170 e. The van der Waals surface area contributed by atoms with E-state index in [0.717, 1.165) is 0 Å². The molecule has 0 aliphatic heterocycles. The molecular formula is C16H16O6. The van der Waals surface area contributed by atoms with Crippen molar-refractivity contribution in [2.75, 3.05) is 14.2 Å². The molecule has 2 rings (SSSR count). The van der Waals surface area contributed by atoms with Gasteiger partial charge in [0.05, 0.1) is 19.8 Å². The molecule has 2 aromatic rings. The van der Waals surface area contributed by atoms with E-state index in [2.05, 4.69) is 0 Å². The maximum absolute atomic E-state index is 10.3. The van der Waals surface area contributed by atoms with Gasteiger partial charge in [0.25, 0.3) is 0 Å². The highest BCUT2D eigenvalue weighted by Gasteiger charge is 2.05. The van der Waals surface area contributed by atoms with Gasteiger partial charge in [-0.1, -0.05) is 6.07 Å². The topological polar surface area (TPSA) is 93.1 Å². The van der Waals surface area contributed by atoms with Crippen molar-refractivity contribution in [3.05, 3.63) is 47.5 Å². The average molecular weight is 304 g/mol. The number of carbonyl (C=O) groups is 2. The smallest absolute Gasteiger partial charge is 0.170 e. The lowest BCUT2D eigenvalue weighted by atomic mass is 10.2. The number of para-hydroxylation sites is 1. The predicted octanol–water partition coefficient (Wildman–Crippen LogP) is 2.43. The number of benzene rings is 2. The Morgan fingerprint density at radius 3 is 2.09 bits per heavy atom. The Morgan fingerprint density at radius 2 is 1.64 bits per heavy atom. The first-order valence-electron chi connectivity index (χ1n) is 6.20. The number of ether oxygens (including phenoxy) is 2. The summed E-state index contributed by atoms with van der Waals surface area (Å²) in [4.78, 5) is 20.6. The summed E-state index contributed by atoms with van der Waals surface area (Å²) in [5.41, 5.74) is 0.788. The molecule has 116 valence electrons. The van der Waals surface area contributed by atoms with Crippen LogP contribution in [-0.2, 0) is 0 Å². The van der Waals surface area contributed by atoms with Crippen LogP contribution < -0.4 is 9.47 Å². The normalized spacial score (nSPS) is 9.18. The van der Waals surface area contributed by atoms with E-state index >= 15 is 0 Å². The summed E-state index contributed by atoms with van der Waals surface area (Å²) in [6.07, 6.45) is 1.30. The third-order valence-electron chi connectivity index (χ3n) is 2.69. The van der Waals surface area contributed by atoms with E-state index in [1.54, 1.807) is 24.3 Å². The summed E-state index contributed by atoms with van der Waals surface area (Å²) >= 11 is 0. The second kappa shape index (κ2) is 8.31. The van der Waals surface area contributed by atoms with Crippen LogP contribution in [0, 0.1) is 0 Å². The number of aldehydes is 2. The summed E-state index contributed by atoms with van der Waals surface area (Å²) in [5.74, 6) is 0.562. The Morgan fingerprint density at radius 1 is 0.909 bits per heavy atom. The fourth-order valence-corrected chi connectivity index (χ4v) is 1.64. The molecule has 22 heavy (non-hydrogen) atoms. The largest absolute Gasteiger partial charge is 0.504 e. The molecule has 0 aromatic heterocycles. The van der Waals surface area contributed by atoms with Crippen LogP contribution in [0.25, 0.3) is 0 Å². The van der Waals surface area contributed by atoms with Crippen molar-refractivity contribution in [3.8, 4) is 23.0 Å². The summed E-state index contributed by atoms with van der Waals surface area (Å²) < 4.78 is 9.56. The lowest BCUT2D eigenvalue weighted by Crippen LogP contribution is -1.89. The highest BCUT2D eigenvalue weighted by Crippen LogP contribution is 2.28. The Bertz CT molecular complexity index is 651. The van der Waals surface area contributed by atoms with Crippen molar-refractivity contribution in [2.24, 2.45) is 0 Å². The Kier molecular flexibility index (Phi) is 6.43. The van der Waals surface area contributed by atoms with Gasteiger partial charge in [0, 0.05) is 5.56 Å². The molecule has 0 atom stereocenters. The van der Waals surface area contributed by atoms with Crippen molar-refractivity contribution < 1.29 is 29.3 Å². The molecule has 0 aliphatic rings. The molecule has 0 fully saturated rings. The molecule has 6 heteroatoms. The number of hydrogen-bond acceptors (Lipinski definition) is 6. The molecule has 0 heterocycles. The number of aromatic hydroxyl groups is 2. The van der Waals surface area contributed by atoms with E-state index in [0.29, 0.717) is 29.4 Å². The van der Waals surface area contributed by atoms with Crippen LogP contribution in [0.15, 0.2) is 36.4 Å². The fraction of sp³-hybridized carbons (Fsp3) is 0.125. The van der Waals surface area contributed by atoms with Gasteiger partial charge in [-0.25, -0.2) is 0 Å². The second-order valence-electron chi connectivity index (χ2n) is 4.07. The molecule has 2 aromatic carbocycles. The van der Waals surface area contributed by atoms with Crippen molar-refractivity contribution >= 4 is 12.6 Å². The highest BCUT2D eigenvalue weighted by atomic mass is 16.5. The lowest BCUT2D eigenvalue weighted by molar-refractivity contribution is 0.111. The van der Waals surface area contributed by atoms with Gasteiger partial charge >= 0.3 is 0 Å². The molecule has 2 N–H and O–H groups in total. The highest BCUT2D eigenvalue weighted by molar-refractivity contribution is 5.81. The summed E-state index contributed by atoms with van der Waals surface area (Å²) in [6, 6.07) is 9.09. The maximum atomic E-state index is 10.3. The quantitative estimate of drug-likeness (QED) is 0.843. The minimum Gasteiger partial charge on any atom is -0.504 e. The molecule has 6 nitrogen and oxygen atoms in total. The van der Waals surface area contributed by atoms with Gasteiger partial charge < -0.3 is 19.7 Å². The minimum atomic E-state index is -0.0166. The van der Waals surface area contributed by atoms with E-state index < -0.39 is 0 Å². The van der Waals surface area contributed by atoms with Gasteiger partial charge in [-0.3, -0.25) is 9.59 Å². The number of phenolic OH excluding ortho intramolecular Hbond substituents is 2. The van der Waals surface area contributed by atoms with E-state index in [4.69, 9.17) is 19.7 Å². The third-order valence-corrected chi connectivity index (χ3v) is 2.69. The second-order valence-corrected chi connectivity index (χ2v) is 4.07. The van der Waals surface area contributed by atoms with Gasteiger partial charge in [0.15, 0.2) is 29.3 Å². The molecule has 0 radical (unpaired) electrons. The Balaban J connectivity index is 0.000000220. The zero-order chi connectivity index (χ0) is 16.5. The summed E-state index contributed by atoms with van der Waals surface area (Å²) in [7, 11) is 2.86. The molecular weight excluding hydrogens is 288 g/mol. The zero-order valence-electron chi connectivity index (χ0n) is 12.1. The van der Waals surface area contributed by atoms with Gasteiger partial charge in [-0.15, -0.1) is 0 Å². The van der Waals surface area contributed by atoms with Crippen molar-refractivity contribution in [3.63, 3.8) is 0 Å². The van der Waals surface area contributed by atoms with Crippen LogP contribution in [-0.4, -0.2) is 37.0 Å². The third kappa shape index (κ3) is 4.24. The standard InChI is InChI=1S/2C8H8O3/c1-11-8-3-2-6(5-9)4-7(8)10;1-11-8-6(5-9)3-2-4-7(8)10/h2*2-5,10H,1H3. The number of rotatable bonds is 4. The number of phenols is 2. The van der Waals surface area contributed by atoms with Crippen LogP contribution >= 0.6 is 0 Å². The lowest BCUT2D eigenvalue weighted by Gasteiger charge is -2.03. The van der Waals surface area contributed by atoms with Crippen LogP contribution in [0.4, 0.5) is 0 Å². The first-order chi connectivity index (χ1) is 10.6. The number of carbonyl (C=O) groups excluding carboxylic acids is 2. The molecule has 0 unspecified atom stereocenters. The predicted molar refractivity (Wildman–Crippen MR) is 80.1 cm³/mol. The SMILES string of the molecule is COc1c(O)cccc1C=O.COc1ccc(C=O)cc1O.